The highest BCUT2D eigenvalue weighted by Crippen LogP contribution is 2.40. The topological polar surface area (TPSA) is 59.0 Å². The molecule has 118 valence electrons. The summed E-state index contributed by atoms with van der Waals surface area (Å²) in [5.41, 5.74) is 2.18. The number of likely N-dealkylation sites (N-methyl/N-ethyl adjacent to an activating group) is 1. The number of nitrogens with one attached hydrogen (secondary N) is 2. The van der Waals surface area contributed by atoms with Gasteiger partial charge in [0.1, 0.15) is 6.04 Å². The van der Waals surface area contributed by atoms with Crippen LogP contribution >= 0.6 is 12.4 Å². The van der Waals surface area contributed by atoms with Gasteiger partial charge in [-0.25, -0.2) is 0 Å². The number of hydrogen-bond donors (Lipinski definition) is 2. The standard InChI is InChI=1S/C16H20N4O.ClH/c1-17-15(12-9-18-20(2)10-12)16(21)19-14-8-13(14)11-6-4-3-5-7-11;/h3-7,9-10,13-15,17H,8H2,1-2H3,(H,19,21);1H. The van der Waals surface area contributed by atoms with Crippen molar-refractivity contribution in [1.29, 1.82) is 0 Å². The Bertz CT molecular complexity index is 628. The fourth-order valence-electron chi connectivity index (χ4n) is 2.73. The number of carbonyl (C=O) groups is 1. The van der Waals surface area contributed by atoms with Gasteiger partial charge in [-0.3, -0.25) is 9.48 Å². The molecule has 1 fully saturated rings. The highest BCUT2D eigenvalue weighted by atomic mass is 35.5. The normalized spacial score (nSPS) is 20.8. The highest BCUT2D eigenvalue weighted by Gasteiger charge is 2.40. The molecule has 0 bridgehead atoms. The van der Waals surface area contributed by atoms with Crippen LogP contribution in [0.3, 0.4) is 0 Å². The number of amides is 1. The fraction of sp³-hybridized carbons (Fsp3) is 0.375. The van der Waals surface area contributed by atoms with Crippen molar-refractivity contribution in [3.05, 3.63) is 53.9 Å². The van der Waals surface area contributed by atoms with Crippen LogP contribution in [-0.4, -0.2) is 28.8 Å². The van der Waals surface area contributed by atoms with Crippen LogP contribution in [0.4, 0.5) is 0 Å². The van der Waals surface area contributed by atoms with E-state index < -0.39 is 0 Å². The molecule has 1 aromatic carbocycles. The van der Waals surface area contributed by atoms with Gasteiger partial charge in [-0.15, -0.1) is 12.4 Å². The molecule has 1 saturated carbocycles. The molecular formula is C16H21ClN4O. The maximum atomic E-state index is 12.4. The van der Waals surface area contributed by atoms with E-state index in [2.05, 4.69) is 27.9 Å². The molecule has 3 rings (SSSR count). The number of aryl methyl sites for hydroxylation is 1. The molecule has 3 unspecified atom stereocenters. The first-order chi connectivity index (χ1) is 10.2. The molecule has 3 atom stereocenters. The zero-order chi connectivity index (χ0) is 14.8. The first-order valence-corrected chi connectivity index (χ1v) is 7.20. The van der Waals surface area contributed by atoms with Gasteiger partial charge in [-0.1, -0.05) is 30.3 Å². The second kappa shape index (κ2) is 6.94. The molecule has 0 saturated heterocycles. The maximum absolute atomic E-state index is 12.4. The number of hydrogen-bond acceptors (Lipinski definition) is 3. The zero-order valence-electron chi connectivity index (χ0n) is 12.7. The summed E-state index contributed by atoms with van der Waals surface area (Å²) in [4.78, 5) is 12.4. The number of rotatable bonds is 5. The predicted molar refractivity (Wildman–Crippen MR) is 88.0 cm³/mol. The quantitative estimate of drug-likeness (QED) is 0.883. The van der Waals surface area contributed by atoms with Gasteiger partial charge in [-0.2, -0.15) is 5.10 Å². The average molecular weight is 321 g/mol. The monoisotopic (exact) mass is 320 g/mol. The summed E-state index contributed by atoms with van der Waals surface area (Å²) in [6, 6.07) is 10.2. The molecule has 5 nitrogen and oxygen atoms in total. The van der Waals surface area contributed by atoms with Crippen LogP contribution in [0.15, 0.2) is 42.7 Å². The van der Waals surface area contributed by atoms with Crippen molar-refractivity contribution in [2.24, 2.45) is 7.05 Å². The summed E-state index contributed by atoms with van der Waals surface area (Å²) in [6.45, 7) is 0. The molecular weight excluding hydrogens is 300 g/mol. The Hall–Kier alpha value is -1.85. The van der Waals surface area contributed by atoms with E-state index in [0.717, 1.165) is 12.0 Å². The maximum Gasteiger partial charge on any atom is 0.242 e. The molecule has 0 radical (unpaired) electrons. The van der Waals surface area contributed by atoms with Gasteiger partial charge < -0.3 is 10.6 Å². The fourth-order valence-corrected chi connectivity index (χ4v) is 2.73. The van der Waals surface area contributed by atoms with Crippen molar-refractivity contribution in [3.8, 4) is 0 Å². The van der Waals surface area contributed by atoms with E-state index in [-0.39, 0.29) is 30.4 Å². The Morgan fingerprint density at radius 1 is 1.36 bits per heavy atom. The van der Waals surface area contributed by atoms with Crippen LogP contribution in [0, 0.1) is 0 Å². The second-order valence-electron chi connectivity index (χ2n) is 5.54. The van der Waals surface area contributed by atoms with Gasteiger partial charge in [0.25, 0.3) is 0 Å². The van der Waals surface area contributed by atoms with Gasteiger partial charge in [0.2, 0.25) is 5.91 Å². The minimum Gasteiger partial charge on any atom is -0.351 e. The van der Waals surface area contributed by atoms with Gasteiger partial charge >= 0.3 is 0 Å². The molecule has 1 aliphatic carbocycles. The van der Waals surface area contributed by atoms with Crippen molar-refractivity contribution in [2.75, 3.05) is 7.05 Å². The highest BCUT2D eigenvalue weighted by molar-refractivity contribution is 5.85. The van der Waals surface area contributed by atoms with Crippen molar-refractivity contribution < 1.29 is 4.79 Å². The number of aromatic nitrogens is 2. The lowest BCUT2D eigenvalue weighted by molar-refractivity contribution is -0.123. The Morgan fingerprint density at radius 3 is 2.68 bits per heavy atom. The van der Waals surface area contributed by atoms with Gasteiger partial charge in [0, 0.05) is 30.8 Å². The van der Waals surface area contributed by atoms with Crippen LogP contribution in [0.25, 0.3) is 0 Å². The van der Waals surface area contributed by atoms with E-state index >= 15 is 0 Å². The van der Waals surface area contributed by atoms with E-state index in [9.17, 15) is 4.79 Å². The van der Waals surface area contributed by atoms with Gasteiger partial charge in [0.15, 0.2) is 0 Å². The molecule has 22 heavy (non-hydrogen) atoms. The van der Waals surface area contributed by atoms with Gasteiger partial charge in [-0.05, 0) is 19.0 Å². The zero-order valence-corrected chi connectivity index (χ0v) is 13.5. The molecule has 1 heterocycles. The van der Waals surface area contributed by atoms with Crippen molar-refractivity contribution in [1.82, 2.24) is 20.4 Å². The van der Waals surface area contributed by atoms with Crippen molar-refractivity contribution in [2.45, 2.75) is 24.4 Å². The lowest BCUT2D eigenvalue weighted by Crippen LogP contribution is -2.37. The summed E-state index contributed by atoms with van der Waals surface area (Å²) in [5, 5.41) is 10.3. The lowest BCUT2D eigenvalue weighted by Gasteiger charge is -2.14. The smallest absolute Gasteiger partial charge is 0.242 e. The molecule has 1 amide bonds. The van der Waals surface area contributed by atoms with E-state index in [1.807, 2.05) is 31.4 Å². The summed E-state index contributed by atoms with van der Waals surface area (Å²) >= 11 is 0. The Kier molecular flexibility index (Phi) is 5.21. The minimum absolute atomic E-state index is 0. The van der Waals surface area contributed by atoms with Crippen molar-refractivity contribution >= 4 is 18.3 Å². The molecule has 2 aromatic rings. The summed E-state index contributed by atoms with van der Waals surface area (Å²) in [6.07, 6.45) is 4.60. The van der Waals surface area contributed by atoms with Crippen molar-refractivity contribution in [3.63, 3.8) is 0 Å². The van der Waals surface area contributed by atoms with E-state index in [0.29, 0.717) is 5.92 Å². The summed E-state index contributed by atoms with van der Waals surface area (Å²) < 4.78 is 1.71. The second-order valence-corrected chi connectivity index (χ2v) is 5.54. The molecule has 0 aliphatic heterocycles. The first-order valence-electron chi connectivity index (χ1n) is 7.20. The van der Waals surface area contributed by atoms with Crippen LogP contribution in [-0.2, 0) is 11.8 Å². The Labute approximate surface area is 136 Å². The molecule has 0 spiro atoms. The van der Waals surface area contributed by atoms with E-state index in [1.54, 1.807) is 17.9 Å². The van der Waals surface area contributed by atoms with E-state index in [1.165, 1.54) is 5.56 Å². The third-order valence-electron chi connectivity index (χ3n) is 3.95. The largest absolute Gasteiger partial charge is 0.351 e. The third-order valence-corrected chi connectivity index (χ3v) is 3.95. The predicted octanol–water partition coefficient (Wildman–Crippen LogP) is 1.77. The minimum atomic E-state index is -0.351. The number of benzene rings is 1. The van der Waals surface area contributed by atoms with Crippen LogP contribution in [0.2, 0.25) is 0 Å². The number of nitrogens with zero attached hydrogens (tertiary/aromatic N) is 2. The van der Waals surface area contributed by atoms with Crippen LogP contribution in [0.5, 0.6) is 0 Å². The number of halogens is 1. The Balaban J connectivity index is 0.00000176. The molecule has 2 N–H and O–H groups in total. The number of carbonyl (C=O) groups excluding carboxylic acids is 1. The van der Waals surface area contributed by atoms with Gasteiger partial charge in [0.05, 0.1) is 6.20 Å². The van der Waals surface area contributed by atoms with Crippen LogP contribution < -0.4 is 10.6 Å². The molecule has 1 aliphatic rings. The summed E-state index contributed by atoms with van der Waals surface area (Å²) in [7, 11) is 3.64. The third kappa shape index (κ3) is 3.48. The molecule has 6 heteroatoms. The molecule has 1 aromatic heterocycles. The van der Waals surface area contributed by atoms with Crippen LogP contribution in [0.1, 0.15) is 29.5 Å². The Morgan fingerprint density at radius 2 is 2.09 bits per heavy atom. The van der Waals surface area contributed by atoms with E-state index in [4.69, 9.17) is 0 Å². The lowest BCUT2D eigenvalue weighted by atomic mass is 10.1. The average Bonchev–Trinajstić information content (AvgIpc) is 3.13. The first kappa shape index (κ1) is 16.5. The SMILES string of the molecule is CNC(C(=O)NC1CC1c1ccccc1)c1cnn(C)c1.Cl. The summed E-state index contributed by atoms with van der Waals surface area (Å²) in [5.74, 6) is 0.454.